The molecule has 0 bridgehead atoms. The molecule has 1 aromatic heterocycles. The molecule has 0 aliphatic carbocycles. The molecule has 0 aliphatic heterocycles. The topological polar surface area (TPSA) is 38.9 Å². The van der Waals surface area contributed by atoms with E-state index in [0.717, 1.165) is 29.0 Å². The highest BCUT2D eigenvalue weighted by atomic mass is 19.4. The number of aryl methyl sites for hydroxylation is 1. The van der Waals surface area contributed by atoms with E-state index < -0.39 is 11.7 Å². The van der Waals surface area contributed by atoms with Crippen LogP contribution in [0.2, 0.25) is 0 Å². The monoisotopic (exact) mass is 280 g/mol. The van der Waals surface area contributed by atoms with E-state index in [9.17, 15) is 13.2 Å². The quantitative estimate of drug-likeness (QED) is 0.932. The van der Waals surface area contributed by atoms with Crippen LogP contribution in [0.3, 0.4) is 0 Å². The predicted molar refractivity (Wildman–Crippen MR) is 71.1 cm³/mol. The molecule has 1 unspecified atom stereocenters. The van der Waals surface area contributed by atoms with Crippen molar-refractivity contribution in [2.75, 3.05) is 0 Å². The molecular formula is C15H15F3N2. The molecule has 20 heavy (non-hydrogen) atoms. The first kappa shape index (κ1) is 14.5. The van der Waals surface area contributed by atoms with Crippen LogP contribution in [0.5, 0.6) is 0 Å². The van der Waals surface area contributed by atoms with Crippen LogP contribution in [-0.4, -0.2) is 4.98 Å². The number of pyridine rings is 1. The van der Waals surface area contributed by atoms with E-state index in [1.807, 2.05) is 19.1 Å². The van der Waals surface area contributed by atoms with Gasteiger partial charge in [0.1, 0.15) is 0 Å². The number of alkyl halides is 3. The fraction of sp³-hybridized carbons (Fsp3) is 0.267. The maximum atomic E-state index is 12.5. The van der Waals surface area contributed by atoms with E-state index in [0.29, 0.717) is 6.42 Å². The summed E-state index contributed by atoms with van der Waals surface area (Å²) < 4.78 is 37.4. The first-order valence-electron chi connectivity index (χ1n) is 6.20. The Hall–Kier alpha value is -1.88. The number of nitrogens with zero attached hydrogens (tertiary/aromatic N) is 1. The van der Waals surface area contributed by atoms with E-state index in [1.54, 1.807) is 6.20 Å². The molecule has 2 aromatic rings. The predicted octanol–water partition coefficient (Wildman–Crippen LogP) is 3.65. The van der Waals surface area contributed by atoms with Gasteiger partial charge in [-0.25, -0.2) is 0 Å². The third kappa shape index (κ3) is 3.57. The van der Waals surface area contributed by atoms with Crippen LogP contribution in [0, 0.1) is 6.92 Å². The van der Waals surface area contributed by atoms with Crippen LogP contribution in [0.15, 0.2) is 42.6 Å². The van der Waals surface area contributed by atoms with Crippen molar-refractivity contribution >= 4 is 0 Å². The largest absolute Gasteiger partial charge is 0.416 e. The van der Waals surface area contributed by atoms with Gasteiger partial charge >= 0.3 is 6.18 Å². The highest BCUT2D eigenvalue weighted by Crippen LogP contribution is 2.29. The fourth-order valence-electron chi connectivity index (χ4n) is 1.95. The number of hydrogen-bond acceptors (Lipinski definition) is 2. The summed E-state index contributed by atoms with van der Waals surface area (Å²) >= 11 is 0. The molecule has 0 aliphatic rings. The average molecular weight is 280 g/mol. The Bertz CT molecular complexity index is 576. The molecular weight excluding hydrogens is 265 g/mol. The van der Waals surface area contributed by atoms with Crippen molar-refractivity contribution in [3.8, 4) is 0 Å². The zero-order valence-corrected chi connectivity index (χ0v) is 11.0. The number of hydrogen-bond donors (Lipinski definition) is 1. The second kappa shape index (κ2) is 5.63. The van der Waals surface area contributed by atoms with Crippen molar-refractivity contribution in [2.45, 2.75) is 25.6 Å². The van der Waals surface area contributed by atoms with Crippen molar-refractivity contribution in [3.05, 3.63) is 65.0 Å². The molecule has 0 amide bonds. The van der Waals surface area contributed by atoms with Gasteiger partial charge in [0.15, 0.2) is 0 Å². The number of nitrogens with two attached hydrogens (primary N) is 1. The second-order valence-electron chi connectivity index (χ2n) is 4.76. The number of halogens is 3. The zero-order chi connectivity index (χ0) is 14.8. The van der Waals surface area contributed by atoms with Crippen molar-refractivity contribution in [1.82, 2.24) is 4.98 Å². The van der Waals surface area contributed by atoms with Gasteiger partial charge in [-0.1, -0.05) is 12.1 Å². The van der Waals surface area contributed by atoms with E-state index >= 15 is 0 Å². The minimum Gasteiger partial charge on any atom is -0.322 e. The summed E-state index contributed by atoms with van der Waals surface area (Å²) in [6.45, 7) is 1.94. The number of benzene rings is 1. The molecule has 1 atom stereocenters. The van der Waals surface area contributed by atoms with Gasteiger partial charge in [0.25, 0.3) is 0 Å². The second-order valence-corrected chi connectivity index (χ2v) is 4.76. The first-order valence-corrected chi connectivity index (χ1v) is 6.20. The lowest BCUT2D eigenvalue weighted by Crippen LogP contribution is -2.15. The van der Waals surface area contributed by atoms with E-state index in [1.165, 1.54) is 12.1 Å². The Morgan fingerprint density at radius 2 is 1.80 bits per heavy atom. The molecule has 2 rings (SSSR count). The van der Waals surface area contributed by atoms with Gasteiger partial charge in [-0.15, -0.1) is 0 Å². The highest BCUT2D eigenvalue weighted by Gasteiger charge is 2.29. The number of rotatable bonds is 3. The van der Waals surface area contributed by atoms with Crippen LogP contribution in [0.4, 0.5) is 13.2 Å². The van der Waals surface area contributed by atoms with Crippen molar-refractivity contribution in [3.63, 3.8) is 0 Å². The molecule has 0 radical (unpaired) electrons. The number of aromatic nitrogens is 1. The van der Waals surface area contributed by atoms with Gasteiger partial charge in [0, 0.05) is 6.20 Å². The van der Waals surface area contributed by atoms with Crippen LogP contribution >= 0.6 is 0 Å². The SMILES string of the molecule is Cc1ccnc(C(N)Cc2ccc(C(F)(F)F)cc2)c1. The first-order chi connectivity index (χ1) is 9.36. The molecule has 0 saturated carbocycles. The summed E-state index contributed by atoms with van der Waals surface area (Å²) in [6, 6.07) is 8.49. The summed E-state index contributed by atoms with van der Waals surface area (Å²) in [4.78, 5) is 4.19. The highest BCUT2D eigenvalue weighted by molar-refractivity contribution is 5.26. The summed E-state index contributed by atoms with van der Waals surface area (Å²) in [5.74, 6) is 0. The smallest absolute Gasteiger partial charge is 0.322 e. The van der Waals surface area contributed by atoms with Crippen LogP contribution < -0.4 is 5.73 Å². The third-order valence-electron chi connectivity index (χ3n) is 3.05. The molecule has 106 valence electrons. The van der Waals surface area contributed by atoms with Crippen molar-refractivity contribution < 1.29 is 13.2 Å². The molecule has 0 fully saturated rings. The van der Waals surface area contributed by atoms with Crippen LogP contribution in [0.1, 0.15) is 28.4 Å². The van der Waals surface area contributed by atoms with Gasteiger partial charge in [0.05, 0.1) is 17.3 Å². The molecule has 5 heteroatoms. The zero-order valence-electron chi connectivity index (χ0n) is 11.0. The van der Waals surface area contributed by atoms with E-state index in [4.69, 9.17) is 5.73 Å². The summed E-state index contributed by atoms with van der Waals surface area (Å²) in [5, 5.41) is 0. The van der Waals surface area contributed by atoms with Crippen LogP contribution in [-0.2, 0) is 12.6 Å². The molecule has 1 aromatic carbocycles. The molecule has 1 heterocycles. The van der Waals surface area contributed by atoms with Gasteiger partial charge in [-0.3, -0.25) is 4.98 Å². The molecule has 2 nitrogen and oxygen atoms in total. The minimum absolute atomic E-state index is 0.327. The molecule has 0 saturated heterocycles. The van der Waals surface area contributed by atoms with Gasteiger partial charge in [-0.05, 0) is 48.7 Å². The lowest BCUT2D eigenvalue weighted by Gasteiger charge is -2.13. The lowest BCUT2D eigenvalue weighted by molar-refractivity contribution is -0.137. The molecule has 2 N–H and O–H groups in total. The summed E-state index contributed by atoms with van der Waals surface area (Å²) in [5.41, 5.74) is 7.94. The summed E-state index contributed by atoms with van der Waals surface area (Å²) in [7, 11) is 0. The Labute approximate surface area is 115 Å². The molecule has 0 spiro atoms. The van der Waals surface area contributed by atoms with Crippen molar-refractivity contribution in [1.29, 1.82) is 0 Å². The summed E-state index contributed by atoms with van der Waals surface area (Å²) in [6.07, 6.45) is -2.18. The maximum absolute atomic E-state index is 12.5. The maximum Gasteiger partial charge on any atom is 0.416 e. The van der Waals surface area contributed by atoms with E-state index in [2.05, 4.69) is 4.98 Å². The standard InChI is InChI=1S/C15H15F3N2/c1-10-6-7-20-14(8-10)13(19)9-11-2-4-12(5-3-11)15(16,17)18/h2-8,13H,9,19H2,1H3. The lowest BCUT2D eigenvalue weighted by atomic mass is 10.0. The van der Waals surface area contributed by atoms with Crippen LogP contribution in [0.25, 0.3) is 0 Å². The Morgan fingerprint density at radius 3 is 2.35 bits per heavy atom. The normalized spacial score (nSPS) is 13.2. The minimum atomic E-state index is -4.31. The average Bonchev–Trinajstić information content (AvgIpc) is 2.38. The Balaban J connectivity index is 2.10. The Kier molecular flexibility index (Phi) is 4.09. The van der Waals surface area contributed by atoms with Gasteiger partial charge in [-0.2, -0.15) is 13.2 Å². The Morgan fingerprint density at radius 1 is 1.15 bits per heavy atom. The van der Waals surface area contributed by atoms with E-state index in [-0.39, 0.29) is 6.04 Å². The fourth-order valence-corrected chi connectivity index (χ4v) is 1.95. The van der Waals surface area contributed by atoms with Gasteiger partial charge < -0.3 is 5.73 Å². The third-order valence-corrected chi connectivity index (χ3v) is 3.05. The van der Waals surface area contributed by atoms with Gasteiger partial charge in [0.2, 0.25) is 0 Å². The van der Waals surface area contributed by atoms with Crippen molar-refractivity contribution in [2.24, 2.45) is 5.73 Å².